The molecule has 3 N–H and O–H groups in total. The number of anilines is 1. The Hall–Kier alpha value is -1.75. The zero-order valence-corrected chi connectivity index (χ0v) is 12.3. The molecule has 4 nitrogen and oxygen atoms in total. The number of aromatic nitrogens is 1. The summed E-state index contributed by atoms with van der Waals surface area (Å²) in [4.78, 5) is 7.04. The van der Waals surface area contributed by atoms with E-state index in [0.29, 0.717) is 6.04 Å². The summed E-state index contributed by atoms with van der Waals surface area (Å²) < 4.78 is 0. The number of nitrogen functional groups attached to an aromatic ring is 1. The van der Waals surface area contributed by atoms with E-state index >= 15 is 0 Å². The zero-order chi connectivity index (χ0) is 14.1. The number of hydrogen-bond donors (Lipinski definition) is 2. The highest BCUT2D eigenvalue weighted by atomic mass is 32.2. The molecule has 0 bridgehead atoms. The summed E-state index contributed by atoms with van der Waals surface area (Å²) in [6.45, 7) is 3.16. The fraction of sp³-hybridized carbons (Fsp3) is 0.333. The number of hydrogen-bond acceptors (Lipinski definition) is 4. The van der Waals surface area contributed by atoms with Crippen molar-refractivity contribution in [3.05, 3.63) is 35.9 Å². The largest absolute Gasteiger partial charge is 0.384 e. The summed E-state index contributed by atoms with van der Waals surface area (Å²) >= 11 is 1.96. The molecule has 0 radical (unpaired) electrons. The molecule has 0 aliphatic carbocycles. The van der Waals surface area contributed by atoms with Crippen molar-refractivity contribution in [3.63, 3.8) is 0 Å². The van der Waals surface area contributed by atoms with Gasteiger partial charge >= 0.3 is 0 Å². The lowest BCUT2D eigenvalue weighted by atomic mass is 10.1. The number of rotatable bonds is 2. The van der Waals surface area contributed by atoms with Gasteiger partial charge < -0.3 is 10.6 Å². The summed E-state index contributed by atoms with van der Waals surface area (Å²) in [5.74, 6) is 3.12. The maximum Gasteiger partial charge on any atom is 0.140 e. The molecule has 2 aromatic rings. The van der Waals surface area contributed by atoms with Gasteiger partial charge in [0.1, 0.15) is 11.7 Å². The van der Waals surface area contributed by atoms with Crippen LogP contribution in [0.4, 0.5) is 5.82 Å². The number of nitrogens with one attached hydrogen (secondary N) is 1. The lowest BCUT2D eigenvalue weighted by molar-refractivity contribution is 0.690. The minimum absolute atomic E-state index is 0.0867. The van der Waals surface area contributed by atoms with Gasteiger partial charge in [-0.1, -0.05) is 18.2 Å². The SMILES string of the molecule is CC1CSCCN1c1nc2ccccc2cc1C(=N)N. The smallest absolute Gasteiger partial charge is 0.140 e. The van der Waals surface area contributed by atoms with Crippen molar-refractivity contribution in [2.75, 3.05) is 23.0 Å². The van der Waals surface area contributed by atoms with Crippen molar-refractivity contribution in [2.45, 2.75) is 13.0 Å². The minimum Gasteiger partial charge on any atom is -0.384 e. The van der Waals surface area contributed by atoms with Gasteiger partial charge in [-0.15, -0.1) is 0 Å². The van der Waals surface area contributed by atoms with Crippen LogP contribution in [-0.2, 0) is 0 Å². The minimum atomic E-state index is 0.0867. The number of amidine groups is 1. The molecule has 1 aliphatic heterocycles. The third-order valence-electron chi connectivity index (χ3n) is 3.63. The highest BCUT2D eigenvalue weighted by molar-refractivity contribution is 7.99. The molecular weight excluding hydrogens is 268 g/mol. The van der Waals surface area contributed by atoms with E-state index in [2.05, 4.69) is 11.8 Å². The van der Waals surface area contributed by atoms with E-state index in [-0.39, 0.29) is 5.84 Å². The molecule has 0 saturated carbocycles. The van der Waals surface area contributed by atoms with Crippen LogP contribution in [0.25, 0.3) is 10.9 Å². The third kappa shape index (κ3) is 2.33. The van der Waals surface area contributed by atoms with Crippen LogP contribution in [0.1, 0.15) is 12.5 Å². The van der Waals surface area contributed by atoms with Gasteiger partial charge in [0.2, 0.25) is 0 Å². The van der Waals surface area contributed by atoms with Crippen LogP contribution in [0, 0.1) is 5.41 Å². The van der Waals surface area contributed by atoms with Crippen molar-refractivity contribution < 1.29 is 0 Å². The standard InChI is InChI=1S/C15H18N4S/c1-10-9-20-7-6-19(10)15-12(14(16)17)8-11-4-2-3-5-13(11)18-15/h2-5,8,10H,6-7,9H2,1H3,(H3,16,17). The molecule has 0 amide bonds. The number of thioether (sulfide) groups is 1. The van der Waals surface area contributed by atoms with Crippen LogP contribution < -0.4 is 10.6 Å². The molecule has 1 aromatic carbocycles. The van der Waals surface area contributed by atoms with E-state index in [1.165, 1.54) is 0 Å². The molecule has 104 valence electrons. The van der Waals surface area contributed by atoms with Gasteiger partial charge in [0.05, 0.1) is 11.1 Å². The van der Waals surface area contributed by atoms with Gasteiger partial charge in [0.25, 0.3) is 0 Å². The van der Waals surface area contributed by atoms with Gasteiger partial charge in [-0.3, -0.25) is 5.41 Å². The van der Waals surface area contributed by atoms with E-state index in [4.69, 9.17) is 16.1 Å². The summed E-state index contributed by atoms with van der Waals surface area (Å²) in [5, 5.41) is 8.87. The Balaban J connectivity index is 2.16. The highest BCUT2D eigenvalue weighted by Gasteiger charge is 2.23. The average molecular weight is 286 g/mol. The number of nitrogens with zero attached hydrogens (tertiary/aromatic N) is 2. The molecule has 5 heteroatoms. The lowest BCUT2D eigenvalue weighted by Crippen LogP contribution is -2.42. The molecular formula is C15H18N4S. The topological polar surface area (TPSA) is 66.0 Å². The van der Waals surface area contributed by atoms with Gasteiger partial charge in [0, 0.05) is 29.5 Å². The second-order valence-electron chi connectivity index (χ2n) is 5.08. The first-order chi connectivity index (χ1) is 9.66. The summed E-state index contributed by atoms with van der Waals surface area (Å²) in [6.07, 6.45) is 0. The van der Waals surface area contributed by atoms with Crippen LogP contribution in [-0.4, -0.2) is 34.9 Å². The third-order valence-corrected chi connectivity index (χ3v) is 4.82. The predicted molar refractivity (Wildman–Crippen MR) is 86.9 cm³/mol. The number of para-hydroxylation sites is 1. The Bertz CT molecular complexity index is 655. The Labute approximate surface area is 122 Å². The van der Waals surface area contributed by atoms with Crippen molar-refractivity contribution in [1.82, 2.24) is 4.98 Å². The van der Waals surface area contributed by atoms with E-state index in [0.717, 1.165) is 40.3 Å². The maximum atomic E-state index is 7.84. The second-order valence-corrected chi connectivity index (χ2v) is 6.23. The van der Waals surface area contributed by atoms with Gasteiger partial charge in [-0.05, 0) is 19.1 Å². The maximum absolute atomic E-state index is 7.84. The fourth-order valence-electron chi connectivity index (χ4n) is 2.56. The van der Waals surface area contributed by atoms with Crippen LogP contribution >= 0.6 is 11.8 Å². The molecule has 1 saturated heterocycles. The van der Waals surface area contributed by atoms with Gasteiger partial charge in [0.15, 0.2) is 0 Å². The number of benzene rings is 1. The molecule has 1 atom stereocenters. The second kappa shape index (κ2) is 5.32. The van der Waals surface area contributed by atoms with E-state index < -0.39 is 0 Å². The molecule has 20 heavy (non-hydrogen) atoms. The monoisotopic (exact) mass is 286 g/mol. The summed E-state index contributed by atoms with van der Waals surface area (Å²) in [6, 6.07) is 10.4. The summed E-state index contributed by atoms with van der Waals surface area (Å²) in [7, 11) is 0. The first-order valence-corrected chi connectivity index (χ1v) is 7.91. The van der Waals surface area contributed by atoms with Crippen LogP contribution in [0.3, 0.4) is 0 Å². The van der Waals surface area contributed by atoms with E-state index in [9.17, 15) is 0 Å². The Morgan fingerprint density at radius 2 is 2.25 bits per heavy atom. The molecule has 3 rings (SSSR count). The van der Waals surface area contributed by atoms with Crippen LogP contribution in [0.15, 0.2) is 30.3 Å². The van der Waals surface area contributed by atoms with Crippen molar-refractivity contribution >= 4 is 34.3 Å². The quantitative estimate of drug-likeness (QED) is 0.657. The fourth-order valence-corrected chi connectivity index (χ4v) is 3.58. The van der Waals surface area contributed by atoms with Gasteiger partial charge in [-0.25, -0.2) is 4.98 Å². The normalized spacial score (nSPS) is 19.2. The Kier molecular flexibility index (Phi) is 3.53. The molecule has 1 aliphatic rings. The van der Waals surface area contributed by atoms with E-state index in [1.807, 2.05) is 42.1 Å². The number of fused-ring (bicyclic) bond motifs is 1. The highest BCUT2D eigenvalue weighted by Crippen LogP contribution is 2.28. The average Bonchev–Trinajstić information content (AvgIpc) is 2.46. The Morgan fingerprint density at radius 1 is 1.45 bits per heavy atom. The predicted octanol–water partition coefficient (Wildman–Crippen LogP) is 2.46. The molecule has 1 fully saturated rings. The number of pyridine rings is 1. The Morgan fingerprint density at radius 3 is 3.00 bits per heavy atom. The molecule has 2 heterocycles. The first kappa shape index (κ1) is 13.2. The molecule has 0 spiro atoms. The zero-order valence-electron chi connectivity index (χ0n) is 11.5. The van der Waals surface area contributed by atoms with Crippen molar-refractivity contribution in [3.8, 4) is 0 Å². The lowest BCUT2D eigenvalue weighted by Gasteiger charge is -2.35. The van der Waals surface area contributed by atoms with Crippen LogP contribution in [0.5, 0.6) is 0 Å². The first-order valence-electron chi connectivity index (χ1n) is 6.75. The van der Waals surface area contributed by atoms with Crippen molar-refractivity contribution in [2.24, 2.45) is 5.73 Å². The molecule has 1 aromatic heterocycles. The van der Waals surface area contributed by atoms with Crippen molar-refractivity contribution in [1.29, 1.82) is 5.41 Å². The molecule has 1 unspecified atom stereocenters. The van der Waals surface area contributed by atoms with Gasteiger partial charge in [-0.2, -0.15) is 11.8 Å². The summed E-state index contributed by atoms with van der Waals surface area (Å²) in [5.41, 5.74) is 7.46. The van der Waals surface area contributed by atoms with Crippen LogP contribution in [0.2, 0.25) is 0 Å². The van der Waals surface area contributed by atoms with E-state index in [1.54, 1.807) is 0 Å². The number of nitrogens with two attached hydrogens (primary N) is 1.